The Balaban J connectivity index is 1.20. The second-order valence-electron chi connectivity index (χ2n) is 7.31. The number of anilines is 2. The average Bonchev–Trinajstić information content (AvgIpc) is 2.68. The highest BCUT2D eigenvalue weighted by atomic mass is 19.1. The van der Waals surface area contributed by atoms with Gasteiger partial charge in [-0.3, -0.25) is 4.90 Å². The molecule has 0 N–H and O–H groups in total. The molecule has 0 saturated carbocycles. The van der Waals surface area contributed by atoms with Gasteiger partial charge in [-0.15, -0.1) is 5.10 Å². The number of hydrogen-bond donors (Lipinski definition) is 0. The number of rotatable bonds is 3. The maximum absolute atomic E-state index is 13.1. The summed E-state index contributed by atoms with van der Waals surface area (Å²) in [6.45, 7) is 6.04. The molecular formula is C21H22FN5. The summed E-state index contributed by atoms with van der Waals surface area (Å²) in [7, 11) is 0. The molecule has 138 valence electrons. The minimum Gasteiger partial charge on any atom is -0.369 e. The molecule has 0 spiro atoms. The van der Waals surface area contributed by atoms with Crippen molar-refractivity contribution in [3.8, 4) is 0 Å². The van der Waals surface area contributed by atoms with E-state index in [1.807, 2.05) is 24.4 Å². The minimum atomic E-state index is -0.177. The van der Waals surface area contributed by atoms with Crippen LogP contribution in [0.2, 0.25) is 0 Å². The predicted octanol–water partition coefficient (Wildman–Crippen LogP) is 2.78. The third kappa shape index (κ3) is 3.10. The zero-order valence-corrected chi connectivity index (χ0v) is 15.1. The number of aromatic nitrogens is 2. The smallest absolute Gasteiger partial charge is 0.159 e. The lowest BCUT2D eigenvalue weighted by molar-refractivity contribution is 0.157. The van der Waals surface area contributed by atoms with E-state index in [1.54, 1.807) is 0 Å². The molecule has 0 unspecified atom stereocenters. The first kappa shape index (κ1) is 16.4. The molecule has 3 heterocycles. The second-order valence-corrected chi connectivity index (χ2v) is 7.31. The number of nitrogens with zero attached hydrogens (tertiary/aromatic N) is 5. The van der Waals surface area contributed by atoms with Gasteiger partial charge in [-0.1, -0.05) is 24.3 Å². The van der Waals surface area contributed by atoms with Crippen molar-refractivity contribution in [1.82, 2.24) is 15.1 Å². The molecule has 2 aromatic carbocycles. The van der Waals surface area contributed by atoms with Crippen LogP contribution in [-0.4, -0.2) is 60.4 Å². The summed E-state index contributed by atoms with van der Waals surface area (Å²) in [6.07, 6.45) is 1.82. The third-order valence-corrected chi connectivity index (χ3v) is 5.74. The monoisotopic (exact) mass is 363 g/mol. The van der Waals surface area contributed by atoms with Crippen LogP contribution in [0.25, 0.3) is 10.8 Å². The number of fused-ring (bicyclic) bond motifs is 1. The molecule has 2 aliphatic rings. The van der Waals surface area contributed by atoms with Gasteiger partial charge in [0.2, 0.25) is 0 Å². The molecule has 2 fully saturated rings. The van der Waals surface area contributed by atoms with E-state index in [0.29, 0.717) is 6.04 Å². The highest BCUT2D eigenvalue weighted by molar-refractivity contribution is 5.91. The molecule has 6 heteroatoms. The van der Waals surface area contributed by atoms with Crippen molar-refractivity contribution in [3.05, 3.63) is 60.5 Å². The fourth-order valence-electron chi connectivity index (χ4n) is 4.10. The lowest BCUT2D eigenvalue weighted by atomic mass is 10.0. The summed E-state index contributed by atoms with van der Waals surface area (Å²) < 4.78 is 13.1. The van der Waals surface area contributed by atoms with Gasteiger partial charge < -0.3 is 9.80 Å². The van der Waals surface area contributed by atoms with Crippen LogP contribution in [0.1, 0.15) is 0 Å². The summed E-state index contributed by atoms with van der Waals surface area (Å²) in [5.41, 5.74) is 1.11. The van der Waals surface area contributed by atoms with Gasteiger partial charge in [0.15, 0.2) is 5.82 Å². The Labute approximate surface area is 158 Å². The first-order valence-corrected chi connectivity index (χ1v) is 9.48. The molecule has 0 atom stereocenters. The van der Waals surface area contributed by atoms with E-state index in [2.05, 4.69) is 43.1 Å². The van der Waals surface area contributed by atoms with E-state index in [9.17, 15) is 4.39 Å². The Kier molecular flexibility index (Phi) is 4.13. The molecule has 5 rings (SSSR count). The molecule has 0 aliphatic carbocycles. The summed E-state index contributed by atoms with van der Waals surface area (Å²) in [5.74, 6) is 0.817. The van der Waals surface area contributed by atoms with E-state index >= 15 is 0 Å². The van der Waals surface area contributed by atoms with Gasteiger partial charge in [-0.25, -0.2) is 4.39 Å². The van der Waals surface area contributed by atoms with E-state index in [4.69, 9.17) is 0 Å². The molecule has 0 amide bonds. The summed E-state index contributed by atoms with van der Waals surface area (Å²) in [6, 6.07) is 15.7. The van der Waals surface area contributed by atoms with Crippen molar-refractivity contribution in [2.45, 2.75) is 6.04 Å². The number of halogens is 1. The SMILES string of the molecule is Fc1ccc(N2CCN(C3CN(c4nncc5ccccc45)C3)CC2)cc1. The molecule has 0 radical (unpaired) electrons. The standard InChI is InChI=1S/C21H22FN5/c22-17-5-7-18(8-6-17)25-9-11-26(12-10-25)19-14-27(15-19)21-20-4-2-1-3-16(20)13-23-24-21/h1-8,13,19H,9-12,14-15H2. The fraction of sp³-hybridized carbons (Fsp3) is 0.333. The lowest BCUT2D eigenvalue weighted by Crippen LogP contribution is -2.63. The third-order valence-electron chi connectivity index (χ3n) is 5.74. The van der Waals surface area contributed by atoms with Crippen molar-refractivity contribution in [1.29, 1.82) is 0 Å². The van der Waals surface area contributed by atoms with Crippen molar-refractivity contribution < 1.29 is 4.39 Å². The highest BCUT2D eigenvalue weighted by Gasteiger charge is 2.35. The van der Waals surface area contributed by atoms with Gasteiger partial charge in [-0.05, 0) is 24.3 Å². The largest absolute Gasteiger partial charge is 0.369 e. The van der Waals surface area contributed by atoms with Crippen LogP contribution < -0.4 is 9.80 Å². The van der Waals surface area contributed by atoms with Crippen LogP contribution in [0.4, 0.5) is 15.9 Å². The topological polar surface area (TPSA) is 35.5 Å². The Morgan fingerprint density at radius 3 is 2.37 bits per heavy atom. The van der Waals surface area contributed by atoms with Crippen LogP contribution in [0.15, 0.2) is 54.7 Å². The zero-order valence-electron chi connectivity index (χ0n) is 15.1. The van der Waals surface area contributed by atoms with Crippen LogP contribution in [0.3, 0.4) is 0 Å². The van der Waals surface area contributed by atoms with Crippen molar-refractivity contribution in [2.75, 3.05) is 49.1 Å². The quantitative estimate of drug-likeness (QED) is 0.715. The Hall–Kier alpha value is -2.73. The van der Waals surface area contributed by atoms with Gasteiger partial charge in [0.1, 0.15) is 5.82 Å². The molecule has 27 heavy (non-hydrogen) atoms. The van der Waals surface area contributed by atoms with Crippen molar-refractivity contribution >= 4 is 22.3 Å². The molecule has 2 aliphatic heterocycles. The molecule has 1 aromatic heterocycles. The van der Waals surface area contributed by atoms with Crippen LogP contribution in [0.5, 0.6) is 0 Å². The molecule has 0 bridgehead atoms. The van der Waals surface area contributed by atoms with Crippen molar-refractivity contribution in [2.24, 2.45) is 0 Å². The van der Waals surface area contributed by atoms with Crippen molar-refractivity contribution in [3.63, 3.8) is 0 Å². The van der Waals surface area contributed by atoms with E-state index < -0.39 is 0 Å². The number of benzene rings is 2. The summed E-state index contributed by atoms with van der Waals surface area (Å²) >= 11 is 0. The van der Waals surface area contributed by atoms with E-state index in [-0.39, 0.29) is 5.82 Å². The van der Waals surface area contributed by atoms with E-state index in [0.717, 1.165) is 56.2 Å². The predicted molar refractivity (Wildman–Crippen MR) is 106 cm³/mol. The Morgan fingerprint density at radius 1 is 0.852 bits per heavy atom. The van der Waals surface area contributed by atoms with Crippen LogP contribution in [-0.2, 0) is 0 Å². The van der Waals surface area contributed by atoms with Gasteiger partial charge >= 0.3 is 0 Å². The molecule has 5 nitrogen and oxygen atoms in total. The molecule has 3 aromatic rings. The van der Waals surface area contributed by atoms with Gasteiger partial charge in [0.25, 0.3) is 0 Å². The normalized spacial score (nSPS) is 18.7. The van der Waals surface area contributed by atoms with Gasteiger partial charge in [0.05, 0.1) is 6.20 Å². The number of piperazine rings is 1. The maximum atomic E-state index is 13.1. The average molecular weight is 363 g/mol. The molecule has 2 saturated heterocycles. The maximum Gasteiger partial charge on any atom is 0.159 e. The Bertz CT molecular complexity index is 925. The van der Waals surface area contributed by atoms with Gasteiger partial charge in [0, 0.05) is 61.8 Å². The zero-order chi connectivity index (χ0) is 18.2. The molecular weight excluding hydrogens is 341 g/mol. The fourth-order valence-corrected chi connectivity index (χ4v) is 4.10. The number of hydrogen-bond acceptors (Lipinski definition) is 5. The summed E-state index contributed by atoms with van der Waals surface area (Å²) in [5, 5.41) is 10.9. The van der Waals surface area contributed by atoms with Crippen LogP contribution in [0, 0.1) is 5.82 Å². The second kappa shape index (κ2) is 6.78. The van der Waals surface area contributed by atoms with Gasteiger partial charge in [-0.2, -0.15) is 5.10 Å². The van der Waals surface area contributed by atoms with E-state index in [1.165, 1.54) is 17.5 Å². The first-order valence-electron chi connectivity index (χ1n) is 9.48. The first-order chi connectivity index (χ1) is 13.3. The van der Waals surface area contributed by atoms with Crippen LogP contribution >= 0.6 is 0 Å². The Morgan fingerprint density at radius 2 is 1.59 bits per heavy atom. The lowest BCUT2D eigenvalue weighted by Gasteiger charge is -2.49. The minimum absolute atomic E-state index is 0.177. The highest BCUT2D eigenvalue weighted by Crippen LogP contribution is 2.29. The summed E-state index contributed by atoms with van der Waals surface area (Å²) in [4.78, 5) is 7.23.